The van der Waals surface area contributed by atoms with Gasteiger partial charge in [0, 0.05) is 38.9 Å². The fraction of sp³-hybridized carbons (Fsp3) is 0.522. The number of aromatic nitrogens is 2. The molecule has 1 N–H and O–H groups in total. The first-order chi connectivity index (χ1) is 14.8. The number of hydrogen-bond donors (Lipinski definition) is 1. The van der Waals surface area contributed by atoms with Gasteiger partial charge in [-0.2, -0.15) is 4.98 Å². The molecule has 0 spiro atoms. The van der Waals surface area contributed by atoms with Gasteiger partial charge in [0.1, 0.15) is 17.7 Å². The minimum atomic E-state index is -0.557. The molecule has 2 aliphatic rings. The van der Waals surface area contributed by atoms with Crippen LogP contribution < -0.4 is 14.5 Å². The number of methoxy groups -OCH3 is 1. The third-order valence-corrected chi connectivity index (χ3v) is 6.20. The van der Waals surface area contributed by atoms with Crippen LogP contribution in [0, 0.1) is 18.8 Å². The number of hydrogen-bond acceptors (Lipinski definition) is 8. The molecule has 1 aromatic carbocycles. The second-order valence-corrected chi connectivity index (χ2v) is 8.70. The van der Waals surface area contributed by atoms with E-state index in [4.69, 9.17) is 14.5 Å². The van der Waals surface area contributed by atoms with Gasteiger partial charge in [-0.15, -0.1) is 0 Å². The fourth-order valence-electron chi connectivity index (χ4n) is 4.58. The Morgan fingerprint density at radius 3 is 2.61 bits per heavy atom. The predicted octanol–water partition coefficient (Wildman–Crippen LogP) is 2.29. The van der Waals surface area contributed by atoms with Gasteiger partial charge < -0.3 is 24.4 Å². The smallest absolute Gasteiger partial charge is 0.337 e. The van der Waals surface area contributed by atoms with Crippen molar-refractivity contribution in [2.75, 3.05) is 44.1 Å². The molecular formula is C23H30N4O4. The quantitative estimate of drug-likeness (QED) is 0.729. The number of aliphatic hydroxyl groups excluding tert-OH is 1. The molecule has 166 valence electrons. The summed E-state index contributed by atoms with van der Waals surface area (Å²) in [5.74, 6) is 2.57. The average Bonchev–Trinajstić information content (AvgIpc) is 3.16. The summed E-state index contributed by atoms with van der Waals surface area (Å²) in [5.41, 5.74) is 1.37. The van der Waals surface area contributed by atoms with Crippen molar-refractivity contribution in [2.24, 2.45) is 11.8 Å². The zero-order valence-corrected chi connectivity index (χ0v) is 18.5. The number of aliphatic hydroxyl groups is 1. The fourth-order valence-corrected chi connectivity index (χ4v) is 4.58. The lowest BCUT2D eigenvalue weighted by atomic mass is 9.78. The highest BCUT2D eigenvalue weighted by molar-refractivity contribution is 5.89. The van der Waals surface area contributed by atoms with E-state index < -0.39 is 12.1 Å². The van der Waals surface area contributed by atoms with Gasteiger partial charge in [-0.05, 0) is 49.8 Å². The van der Waals surface area contributed by atoms with E-state index in [1.54, 1.807) is 24.3 Å². The van der Waals surface area contributed by atoms with Crippen molar-refractivity contribution < 1.29 is 19.4 Å². The molecule has 2 fully saturated rings. The zero-order valence-electron chi connectivity index (χ0n) is 18.5. The number of anilines is 2. The summed E-state index contributed by atoms with van der Waals surface area (Å²) < 4.78 is 10.9. The van der Waals surface area contributed by atoms with E-state index in [0.717, 1.165) is 37.0 Å². The van der Waals surface area contributed by atoms with Crippen molar-refractivity contribution >= 4 is 17.7 Å². The number of nitrogens with zero attached hydrogens (tertiary/aromatic N) is 4. The maximum absolute atomic E-state index is 11.8. The van der Waals surface area contributed by atoms with E-state index in [1.807, 2.05) is 32.0 Å². The molecule has 31 heavy (non-hydrogen) atoms. The highest BCUT2D eigenvalue weighted by atomic mass is 16.5. The average molecular weight is 427 g/mol. The van der Waals surface area contributed by atoms with Gasteiger partial charge in [-0.25, -0.2) is 9.78 Å². The molecule has 1 aliphatic carbocycles. The van der Waals surface area contributed by atoms with Crippen molar-refractivity contribution in [3.63, 3.8) is 0 Å². The predicted molar refractivity (Wildman–Crippen MR) is 118 cm³/mol. The molecule has 1 aliphatic heterocycles. The first-order valence-corrected chi connectivity index (χ1v) is 10.6. The molecule has 4 atom stereocenters. The van der Waals surface area contributed by atoms with Crippen molar-refractivity contribution in [3.05, 3.63) is 41.6 Å². The summed E-state index contributed by atoms with van der Waals surface area (Å²) in [4.78, 5) is 25.4. The van der Waals surface area contributed by atoms with Crippen LogP contribution in [0.1, 0.15) is 28.9 Å². The normalized spacial score (nSPS) is 25.1. The van der Waals surface area contributed by atoms with Crippen LogP contribution in [0.25, 0.3) is 0 Å². The zero-order chi connectivity index (χ0) is 22.1. The maximum Gasteiger partial charge on any atom is 0.337 e. The Bertz CT molecular complexity index is 951. The van der Waals surface area contributed by atoms with Gasteiger partial charge in [0.2, 0.25) is 5.95 Å². The first kappa shape index (κ1) is 21.4. The van der Waals surface area contributed by atoms with Gasteiger partial charge in [0.05, 0.1) is 18.8 Å². The number of ether oxygens (including phenoxy) is 2. The Kier molecular flexibility index (Phi) is 6.00. The number of carbonyl (C=O) groups is 1. The standard InChI is InChI=1S/C23H30N4O4/c1-14-8-21(26(2)3)25-23(24-14)27-12-16-10-19(28)20(11-17(16)13-27)31-18-7-5-6-15(9-18)22(29)30-4/h5-9,16-17,19-20,28H,10-13H2,1-4H3/t16-,17+,19+,20+/m0/s1. The summed E-state index contributed by atoms with van der Waals surface area (Å²) in [7, 11) is 5.30. The monoisotopic (exact) mass is 426 g/mol. The van der Waals surface area contributed by atoms with Crippen LogP contribution >= 0.6 is 0 Å². The van der Waals surface area contributed by atoms with Gasteiger partial charge in [0.15, 0.2) is 0 Å². The van der Waals surface area contributed by atoms with Gasteiger partial charge in [-0.1, -0.05) is 6.07 Å². The van der Waals surface area contributed by atoms with Crippen molar-refractivity contribution in [1.82, 2.24) is 9.97 Å². The second kappa shape index (κ2) is 8.70. The van der Waals surface area contributed by atoms with Gasteiger partial charge in [0.25, 0.3) is 0 Å². The lowest BCUT2D eigenvalue weighted by molar-refractivity contribution is -0.0231. The van der Waals surface area contributed by atoms with E-state index in [2.05, 4.69) is 9.88 Å². The number of benzene rings is 1. The summed E-state index contributed by atoms with van der Waals surface area (Å²) in [6, 6.07) is 8.88. The van der Waals surface area contributed by atoms with Gasteiger partial charge in [-0.3, -0.25) is 0 Å². The maximum atomic E-state index is 11.8. The topological polar surface area (TPSA) is 88.0 Å². The van der Waals surface area contributed by atoms with E-state index in [-0.39, 0.29) is 6.10 Å². The van der Waals surface area contributed by atoms with Crippen molar-refractivity contribution in [1.29, 1.82) is 0 Å². The minimum absolute atomic E-state index is 0.315. The van der Waals surface area contributed by atoms with E-state index in [0.29, 0.717) is 29.6 Å². The van der Waals surface area contributed by atoms with E-state index in [9.17, 15) is 9.90 Å². The van der Waals surface area contributed by atoms with Crippen LogP contribution in [0.4, 0.5) is 11.8 Å². The van der Waals surface area contributed by atoms with E-state index >= 15 is 0 Å². The van der Waals surface area contributed by atoms with Crippen LogP contribution in [0.5, 0.6) is 5.75 Å². The molecule has 1 saturated heterocycles. The molecule has 8 heteroatoms. The second-order valence-electron chi connectivity index (χ2n) is 8.70. The van der Waals surface area contributed by atoms with Crippen LogP contribution in [0.3, 0.4) is 0 Å². The Balaban J connectivity index is 1.46. The lowest BCUT2D eigenvalue weighted by Crippen LogP contribution is -2.42. The Morgan fingerprint density at radius 1 is 1.16 bits per heavy atom. The largest absolute Gasteiger partial charge is 0.488 e. The van der Waals surface area contributed by atoms with Crippen molar-refractivity contribution in [3.8, 4) is 5.75 Å². The van der Waals surface area contributed by atoms with Crippen molar-refractivity contribution in [2.45, 2.75) is 32.0 Å². The first-order valence-electron chi connectivity index (χ1n) is 10.6. The molecule has 0 radical (unpaired) electrons. The third kappa shape index (κ3) is 4.58. The summed E-state index contributed by atoms with van der Waals surface area (Å²) in [6.07, 6.45) is 0.551. The SMILES string of the molecule is COC(=O)c1cccc(O[C@@H]2C[C@@H]3CN(c4nc(C)cc(N(C)C)n4)C[C@@H]3C[C@H]2O)c1. The number of rotatable bonds is 5. The highest BCUT2D eigenvalue weighted by Crippen LogP contribution is 2.39. The Morgan fingerprint density at radius 2 is 1.90 bits per heavy atom. The van der Waals surface area contributed by atoms with Gasteiger partial charge >= 0.3 is 5.97 Å². The molecule has 4 rings (SSSR count). The highest BCUT2D eigenvalue weighted by Gasteiger charge is 2.43. The number of carbonyl (C=O) groups excluding carboxylic acids is 1. The third-order valence-electron chi connectivity index (χ3n) is 6.20. The molecule has 2 aromatic rings. The summed E-state index contributed by atoms with van der Waals surface area (Å²) in [5, 5.41) is 10.7. The molecule has 0 unspecified atom stereocenters. The molecule has 0 bridgehead atoms. The lowest BCUT2D eigenvalue weighted by Gasteiger charge is -2.35. The van der Waals surface area contributed by atoms with E-state index in [1.165, 1.54) is 7.11 Å². The molecular weight excluding hydrogens is 396 g/mol. The summed E-state index contributed by atoms with van der Waals surface area (Å²) in [6.45, 7) is 3.66. The molecule has 1 aromatic heterocycles. The van der Waals surface area contributed by atoms with Crippen LogP contribution in [0.15, 0.2) is 30.3 Å². The molecule has 0 amide bonds. The Hall–Kier alpha value is -2.87. The molecule has 8 nitrogen and oxygen atoms in total. The Labute approximate surface area is 182 Å². The number of fused-ring (bicyclic) bond motifs is 1. The summed E-state index contributed by atoms with van der Waals surface area (Å²) >= 11 is 0. The molecule has 1 saturated carbocycles. The number of esters is 1. The minimum Gasteiger partial charge on any atom is -0.488 e. The van der Waals surface area contributed by atoms with Crippen LogP contribution in [-0.4, -0.2) is 67.5 Å². The van der Waals surface area contributed by atoms with Crippen LogP contribution in [0.2, 0.25) is 0 Å². The molecule has 2 heterocycles. The van der Waals surface area contributed by atoms with Crippen LogP contribution in [-0.2, 0) is 4.74 Å². The number of aryl methyl sites for hydroxylation is 1.